The van der Waals surface area contributed by atoms with E-state index in [1.807, 2.05) is 17.0 Å². The number of hydrogen-bond acceptors (Lipinski definition) is 2. The molecule has 0 aromatic heterocycles. The molecule has 1 unspecified atom stereocenters. The summed E-state index contributed by atoms with van der Waals surface area (Å²) in [6.45, 7) is 4.36. The van der Waals surface area contributed by atoms with Crippen molar-refractivity contribution in [2.75, 3.05) is 19.6 Å². The van der Waals surface area contributed by atoms with Gasteiger partial charge in [0.25, 0.3) is 0 Å². The van der Waals surface area contributed by atoms with Gasteiger partial charge in [-0.2, -0.15) is 0 Å². The molecule has 0 spiro atoms. The summed E-state index contributed by atoms with van der Waals surface area (Å²) in [6.07, 6.45) is 4.80. The Labute approximate surface area is 129 Å². The molecule has 1 aliphatic heterocycles. The van der Waals surface area contributed by atoms with E-state index in [1.165, 1.54) is 18.4 Å². The van der Waals surface area contributed by atoms with Gasteiger partial charge in [0.05, 0.1) is 6.54 Å². The zero-order valence-electron chi connectivity index (χ0n) is 12.1. The molecule has 110 valence electrons. The average Bonchev–Trinajstić information content (AvgIpc) is 2.73. The standard InChI is InChI=1S/C16H23BrN2O/c1-13(14-7-6-8-15(17)11-14)18-12-16(20)19-9-4-2-3-5-10-19/h6-8,11,13,18H,2-5,9-10,12H2,1H3. The van der Waals surface area contributed by atoms with Crippen LogP contribution in [0.3, 0.4) is 0 Å². The van der Waals surface area contributed by atoms with Gasteiger partial charge in [0.15, 0.2) is 0 Å². The fourth-order valence-electron chi connectivity index (χ4n) is 2.57. The van der Waals surface area contributed by atoms with Crippen LogP contribution in [0.1, 0.15) is 44.2 Å². The number of carbonyl (C=O) groups excluding carboxylic acids is 1. The normalized spacial score (nSPS) is 17.6. The lowest BCUT2D eigenvalue weighted by Crippen LogP contribution is -2.39. The lowest BCUT2D eigenvalue weighted by atomic mass is 10.1. The molecule has 1 saturated heterocycles. The number of benzene rings is 1. The van der Waals surface area contributed by atoms with Gasteiger partial charge in [0.1, 0.15) is 0 Å². The number of hydrogen-bond donors (Lipinski definition) is 1. The number of nitrogens with zero attached hydrogens (tertiary/aromatic N) is 1. The molecule has 1 N–H and O–H groups in total. The van der Waals surface area contributed by atoms with Crippen LogP contribution in [0, 0.1) is 0 Å². The van der Waals surface area contributed by atoms with Crippen molar-refractivity contribution in [1.29, 1.82) is 0 Å². The van der Waals surface area contributed by atoms with Crippen molar-refractivity contribution in [3.05, 3.63) is 34.3 Å². The zero-order valence-corrected chi connectivity index (χ0v) is 13.7. The van der Waals surface area contributed by atoms with Crippen LogP contribution in [-0.4, -0.2) is 30.4 Å². The van der Waals surface area contributed by atoms with Crippen molar-refractivity contribution in [3.8, 4) is 0 Å². The van der Waals surface area contributed by atoms with Crippen LogP contribution in [0.4, 0.5) is 0 Å². The highest BCUT2D eigenvalue weighted by molar-refractivity contribution is 9.10. The van der Waals surface area contributed by atoms with E-state index in [2.05, 4.69) is 40.3 Å². The van der Waals surface area contributed by atoms with E-state index in [-0.39, 0.29) is 11.9 Å². The van der Waals surface area contributed by atoms with Crippen molar-refractivity contribution >= 4 is 21.8 Å². The Balaban J connectivity index is 1.83. The lowest BCUT2D eigenvalue weighted by molar-refractivity contribution is -0.130. The van der Waals surface area contributed by atoms with E-state index >= 15 is 0 Å². The summed E-state index contributed by atoms with van der Waals surface area (Å²) in [5, 5.41) is 3.33. The fourth-order valence-corrected chi connectivity index (χ4v) is 2.98. The van der Waals surface area contributed by atoms with Gasteiger partial charge in [-0.15, -0.1) is 0 Å². The van der Waals surface area contributed by atoms with Crippen LogP contribution in [0.5, 0.6) is 0 Å². The van der Waals surface area contributed by atoms with Crippen LogP contribution >= 0.6 is 15.9 Å². The molecule has 1 amide bonds. The Morgan fingerprint density at radius 3 is 2.65 bits per heavy atom. The summed E-state index contributed by atoms with van der Waals surface area (Å²) in [5.74, 6) is 0.230. The molecule has 0 bridgehead atoms. The topological polar surface area (TPSA) is 32.3 Å². The SMILES string of the molecule is CC(NCC(=O)N1CCCCCC1)c1cccc(Br)c1. The summed E-state index contributed by atoms with van der Waals surface area (Å²) >= 11 is 3.48. The quantitative estimate of drug-likeness (QED) is 0.911. The Hall–Kier alpha value is -0.870. The predicted octanol–water partition coefficient (Wildman–Crippen LogP) is 3.50. The summed E-state index contributed by atoms with van der Waals surface area (Å²) in [5.41, 5.74) is 1.20. The molecule has 1 fully saturated rings. The molecule has 1 aromatic carbocycles. The van der Waals surface area contributed by atoms with E-state index < -0.39 is 0 Å². The number of rotatable bonds is 4. The maximum absolute atomic E-state index is 12.2. The van der Waals surface area contributed by atoms with Crippen LogP contribution in [0.15, 0.2) is 28.7 Å². The van der Waals surface area contributed by atoms with E-state index in [0.717, 1.165) is 30.4 Å². The Kier molecular flexibility index (Phi) is 6.05. The fraction of sp³-hybridized carbons (Fsp3) is 0.562. The molecule has 3 nitrogen and oxygen atoms in total. The Morgan fingerprint density at radius 2 is 2.00 bits per heavy atom. The maximum Gasteiger partial charge on any atom is 0.236 e. The second-order valence-electron chi connectivity index (χ2n) is 5.45. The summed E-state index contributed by atoms with van der Waals surface area (Å²) in [6, 6.07) is 8.39. The van der Waals surface area contributed by atoms with Gasteiger partial charge >= 0.3 is 0 Å². The molecule has 1 heterocycles. The van der Waals surface area contributed by atoms with Crippen molar-refractivity contribution in [2.45, 2.75) is 38.6 Å². The first-order valence-corrected chi connectivity index (χ1v) is 8.23. The van der Waals surface area contributed by atoms with Crippen LogP contribution < -0.4 is 5.32 Å². The third kappa shape index (κ3) is 4.60. The summed E-state index contributed by atoms with van der Waals surface area (Å²) in [4.78, 5) is 14.2. The second kappa shape index (κ2) is 7.79. The second-order valence-corrected chi connectivity index (χ2v) is 6.37. The highest BCUT2D eigenvalue weighted by atomic mass is 79.9. The minimum atomic E-state index is 0.184. The van der Waals surface area contributed by atoms with Crippen molar-refractivity contribution < 1.29 is 4.79 Å². The summed E-state index contributed by atoms with van der Waals surface area (Å²) < 4.78 is 1.07. The molecule has 2 rings (SSSR count). The highest BCUT2D eigenvalue weighted by Crippen LogP contribution is 2.17. The average molecular weight is 339 g/mol. The molecule has 0 saturated carbocycles. The van der Waals surface area contributed by atoms with Crippen LogP contribution in [-0.2, 0) is 4.79 Å². The van der Waals surface area contributed by atoms with Gasteiger partial charge in [-0.25, -0.2) is 0 Å². The van der Waals surface area contributed by atoms with Gasteiger partial charge in [-0.05, 0) is 37.5 Å². The van der Waals surface area contributed by atoms with Gasteiger partial charge < -0.3 is 10.2 Å². The number of amides is 1. The number of carbonyl (C=O) groups is 1. The van der Waals surface area contributed by atoms with Gasteiger partial charge in [-0.1, -0.05) is 40.9 Å². The number of nitrogens with one attached hydrogen (secondary N) is 1. The smallest absolute Gasteiger partial charge is 0.236 e. The number of halogens is 1. The Bertz CT molecular complexity index is 442. The molecule has 1 atom stereocenters. The van der Waals surface area contributed by atoms with Crippen molar-refractivity contribution in [2.24, 2.45) is 0 Å². The molecule has 1 aromatic rings. The highest BCUT2D eigenvalue weighted by Gasteiger charge is 2.16. The summed E-state index contributed by atoms with van der Waals surface area (Å²) in [7, 11) is 0. The monoisotopic (exact) mass is 338 g/mol. The van der Waals surface area contributed by atoms with E-state index in [4.69, 9.17) is 0 Å². The Morgan fingerprint density at radius 1 is 1.30 bits per heavy atom. The minimum absolute atomic E-state index is 0.184. The molecule has 0 aliphatic carbocycles. The van der Waals surface area contributed by atoms with E-state index in [1.54, 1.807) is 0 Å². The van der Waals surface area contributed by atoms with Gasteiger partial charge in [0, 0.05) is 23.6 Å². The molecular formula is C16H23BrN2O. The first-order valence-electron chi connectivity index (χ1n) is 7.43. The van der Waals surface area contributed by atoms with Crippen molar-refractivity contribution in [3.63, 3.8) is 0 Å². The van der Waals surface area contributed by atoms with E-state index in [0.29, 0.717) is 6.54 Å². The maximum atomic E-state index is 12.2. The van der Waals surface area contributed by atoms with E-state index in [9.17, 15) is 4.79 Å². The van der Waals surface area contributed by atoms with Crippen LogP contribution in [0.25, 0.3) is 0 Å². The molecule has 4 heteroatoms. The zero-order chi connectivity index (χ0) is 14.4. The first kappa shape index (κ1) is 15.5. The molecule has 20 heavy (non-hydrogen) atoms. The van der Waals surface area contributed by atoms with Crippen molar-refractivity contribution in [1.82, 2.24) is 10.2 Å². The molecule has 1 aliphatic rings. The first-order chi connectivity index (χ1) is 9.66. The molecule has 0 radical (unpaired) electrons. The molecular weight excluding hydrogens is 316 g/mol. The number of likely N-dealkylation sites (tertiary alicyclic amines) is 1. The largest absolute Gasteiger partial charge is 0.342 e. The lowest BCUT2D eigenvalue weighted by Gasteiger charge is -2.22. The predicted molar refractivity (Wildman–Crippen MR) is 85.6 cm³/mol. The van der Waals surface area contributed by atoms with Gasteiger partial charge in [0.2, 0.25) is 5.91 Å². The minimum Gasteiger partial charge on any atom is -0.342 e. The van der Waals surface area contributed by atoms with Crippen LogP contribution in [0.2, 0.25) is 0 Å². The third-order valence-corrected chi connectivity index (χ3v) is 4.36. The van der Waals surface area contributed by atoms with Gasteiger partial charge in [-0.3, -0.25) is 4.79 Å². The third-order valence-electron chi connectivity index (χ3n) is 3.87.